The molecule has 1 aromatic carbocycles. The zero-order chi connectivity index (χ0) is 16.2. The summed E-state index contributed by atoms with van der Waals surface area (Å²) < 4.78 is 20.7. The van der Waals surface area contributed by atoms with Crippen molar-refractivity contribution in [2.24, 2.45) is 7.05 Å². The molecule has 2 aromatic heterocycles. The van der Waals surface area contributed by atoms with Gasteiger partial charge in [0.2, 0.25) is 5.88 Å². The number of alkyl halides is 1. The average Bonchev–Trinajstić information content (AvgIpc) is 3.18. The van der Waals surface area contributed by atoms with Gasteiger partial charge in [-0.05, 0) is 22.6 Å². The van der Waals surface area contributed by atoms with Crippen molar-refractivity contribution in [1.29, 1.82) is 0 Å². The molecule has 0 amide bonds. The Balaban J connectivity index is 2.02. The Hall–Kier alpha value is -2.62. The summed E-state index contributed by atoms with van der Waals surface area (Å²) in [7, 11) is 1.51. The topological polar surface area (TPSA) is 90.6 Å². The molecule has 0 aliphatic rings. The number of rotatable bonds is 6. The van der Waals surface area contributed by atoms with Crippen LogP contribution in [0.1, 0.15) is 5.56 Å². The molecular weight excluding hydrogens is 323 g/mol. The van der Waals surface area contributed by atoms with Gasteiger partial charge in [-0.2, -0.15) is 14.5 Å². The highest BCUT2D eigenvalue weighted by atomic mass is 32.2. The third-order valence-electron chi connectivity index (χ3n) is 3.12. The van der Waals surface area contributed by atoms with Gasteiger partial charge in [0.05, 0.1) is 11.9 Å². The van der Waals surface area contributed by atoms with Crippen molar-refractivity contribution in [3.63, 3.8) is 0 Å². The van der Waals surface area contributed by atoms with Gasteiger partial charge >= 0.3 is 5.69 Å². The predicted octanol–water partition coefficient (Wildman–Crippen LogP) is 1.29. The number of halogens is 1. The second-order valence-electron chi connectivity index (χ2n) is 4.51. The molecule has 10 heteroatoms. The normalized spacial score (nSPS) is 10.9. The summed E-state index contributed by atoms with van der Waals surface area (Å²) in [6.45, 7) is 0.129. The maximum absolute atomic E-state index is 12.8. The van der Waals surface area contributed by atoms with Crippen molar-refractivity contribution in [3.8, 4) is 11.6 Å². The Morgan fingerprint density at radius 3 is 2.87 bits per heavy atom. The first-order chi connectivity index (χ1) is 11.2. The van der Waals surface area contributed by atoms with E-state index in [9.17, 15) is 9.18 Å². The minimum absolute atomic E-state index is 0.129. The Morgan fingerprint density at radius 2 is 2.22 bits per heavy atom. The molecule has 0 radical (unpaired) electrons. The third kappa shape index (κ3) is 3.11. The van der Waals surface area contributed by atoms with Crippen molar-refractivity contribution in [1.82, 2.24) is 30.0 Å². The molecule has 3 aromatic rings. The fourth-order valence-electron chi connectivity index (χ4n) is 2.03. The van der Waals surface area contributed by atoms with Crippen LogP contribution in [-0.2, 0) is 13.7 Å². The molecule has 23 heavy (non-hydrogen) atoms. The molecule has 3 rings (SSSR count). The standard InChI is InChI=1S/C13H13FN6O2S/c1-19-13(21)20(18-17-19)10-3-2-4-11(23-8-14)9(10)7-22-12-5-6-15-16-12/h2-6H,7-8H2,1H3,(H,15,16). The molecule has 0 aliphatic heterocycles. The fraction of sp³-hybridized carbons (Fsp3) is 0.231. The number of aromatic nitrogens is 6. The first-order valence-electron chi connectivity index (χ1n) is 6.63. The number of nitrogens with one attached hydrogen (secondary N) is 1. The lowest BCUT2D eigenvalue weighted by Gasteiger charge is -2.13. The van der Waals surface area contributed by atoms with Crippen molar-refractivity contribution in [2.75, 3.05) is 6.01 Å². The number of hydrogen-bond donors (Lipinski definition) is 1. The van der Waals surface area contributed by atoms with Crippen molar-refractivity contribution >= 4 is 11.8 Å². The fourth-order valence-corrected chi connectivity index (χ4v) is 2.66. The number of thioether (sulfide) groups is 1. The number of nitrogens with zero attached hydrogens (tertiary/aromatic N) is 5. The van der Waals surface area contributed by atoms with Gasteiger partial charge in [0.15, 0.2) is 0 Å². The van der Waals surface area contributed by atoms with E-state index in [0.717, 1.165) is 21.1 Å². The molecule has 1 N–H and O–H groups in total. The lowest BCUT2D eigenvalue weighted by atomic mass is 10.2. The smallest absolute Gasteiger partial charge is 0.368 e. The van der Waals surface area contributed by atoms with Crippen molar-refractivity contribution in [3.05, 3.63) is 46.5 Å². The van der Waals surface area contributed by atoms with Crippen LogP contribution in [0.2, 0.25) is 0 Å². The van der Waals surface area contributed by atoms with E-state index < -0.39 is 11.7 Å². The van der Waals surface area contributed by atoms with E-state index in [4.69, 9.17) is 4.74 Å². The van der Waals surface area contributed by atoms with Crippen LogP contribution in [0.5, 0.6) is 5.88 Å². The van der Waals surface area contributed by atoms with Crippen LogP contribution in [0.4, 0.5) is 4.39 Å². The van der Waals surface area contributed by atoms with E-state index in [0.29, 0.717) is 22.0 Å². The summed E-state index contributed by atoms with van der Waals surface area (Å²) in [5.41, 5.74) is 0.753. The lowest BCUT2D eigenvalue weighted by Crippen LogP contribution is -2.23. The predicted molar refractivity (Wildman–Crippen MR) is 81.4 cm³/mol. The molecule has 0 aliphatic carbocycles. The van der Waals surface area contributed by atoms with Gasteiger partial charge in [-0.15, -0.1) is 0 Å². The van der Waals surface area contributed by atoms with Crippen LogP contribution >= 0.6 is 11.8 Å². The van der Waals surface area contributed by atoms with E-state index in [1.807, 2.05) is 0 Å². The monoisotopic (exact) mass is 336 g/mol. The van der Waals surface area contributed by atoms with E-state index in [1.165, 1.54) is 7.05 Å². The third-order valence-corrected chi connectivity index (χ3v) is 3.92. The van der Waals surface area contributed by atoms with Gasteiger partial charge in [-0.3, -0.25) is 0 Å². The summed E-state index contributed by atoms with van der Waals surface area (Å²) >= 11 is 1.02. The summed E-state index contributed by atoms with van der Waals surface area (Å²) in [4.78, 5) is 12.8. The number of aromatic amines is 1. The van der Waals surface area contributed by atoms with Crippen molar-refractivity contribution < 1.29 is 9.13 Å². The first kappa shape index (κ1) is 15.3. The van der Waals surface area contributed by atoms with Gasteiger partial charge in [-0.25, -0.2) is 14.3 Å². The molecule has 0 atom stereocenters. The SMILES string of the molecule is Cn1nnn(-c2cccc(SCF)c2COc2ccn[nH]2)c1=O. The highest BCUT2D eigenvalue weighted by Crippen LogP contribution is 2.28. The molecule has 0 saturated carbocycles. The zero-order valence-corrected chi connectivity index (χ0v) is 13.0. The minimum Gasteiger partial charge on any atom is -0.473 e. The van der Waals surface area contributed by atoms with E-state index in [-0.39, 0.29) is 6.61 Å². The largest absolute Gasteiger partial charge is 0.473 e. The number of tetrazole rings is 1. The van der Waals surface area contributed by atoms with Crippen LogP contribution in [0.3, 0.4) is 0 Å². The summed E-state index contributed by atoms with van der Waals surface area (Å²) in [5, 5.41) is 14.0. The van der Waals surface area contributed by atoms with Gasteiger partial charge in [0.25, 0.3) is 0 Å². The number of hydrogen-bond acceptors (Lipinski definition) is 6. The Kier molecular flexibility index (Phi) is 4.42. The van der Waals surface area contributed by atoms with Crippen LogP contribution in [0, 0.1) is 0 Å². The summed E-state index contributed by atoms with van der Waals surface area (Å²) in [6.07, 6.45) is 1.56. The van der Waals surface area contributed by atoms with Crippen LogP contribution in [-0.4, -0.2) is 36.0 Å². The number of benzene rings is 1. The Bertz CT molecular complexity index is 845. The zero-order valence-electron chi connectivity index (χ0n) is 12.1. The summed E-state index contributed by atoms with van der Waals surface area (Å²) in [6, 6.07) is 6.29. The molecule has 0 bridgehead atoms. The molecule has 8 nitrogen and oxygen atoms in total. The number of ether oxygens (including phenoxy) is 1. The van der Waals surface area contributed by atoms with Crippen LogP contribution in [0.15, 0.2) is 40.2 Å². The summed E-state index contributed by atoms with van der Waals surface area (Å²) in [5.74, 6) is 0.475. The molecule has 0 spiro atoms. The maximum atomic E-state index is 12.8. The van der Waals surface area contributed by atoms with Gasteiger partial charge in [0, 0.05) is 23.6 Å². The molecule has 120 valence electrons. The average molecular weight is 336 g/mol. The van der Waals surface area contributed by atoms with Gasteiger partial charge in [0.1, 0.15) is 12.6 Å². The van der Waals surface area contributed by atoms with E-state index in [1.54, 1.807) is 30.5 Å². The van der Waals surface area contributed by atoms with E-state index in [2.05, 4.69) is 20.6 Å². The first-order valence-corrected chi connectivity index (χ1v) is 7.61. The molecular formula is C13H13FN6O2S. The molecule has 2 heterocycles. The maximum Gasteiger partial charge on any atom is 0.368 e. The number of H-pyrrole nitrogens is 1. The lowest BCUT2D eigenvalue weighted by molar-refractivity contribution is 0.290. The molecule has 0 unspecified atom stereocenters. The number of aryl methyl sites for hydroxylation is 1. The second-order valence-corrected chi connectivity index (χ2v) is 5.46. The Labute approximate surface area is 134 Å². The Morgan fingerprint density at radius 1 is 1.35 bits per heavy atom. The van der Waals surface area contributed by atoms with Gasteiger partial charge in [-0.1, -0.05) is 17.8 Å². The quantitative estimate of drug-likeness (QED) is 0.682. The van der Waals surface area contributed by atoms with Crippen LogP contribution in [0.25, 0.3) is 5.69 Å². The second kappa shape index (κ2) is 6.65. The molecule has 0 fully saturated rings. The van der Waals surface area contributed by atoms with E-state index >= 15 is 0 Å². The molecule has 0 saturated heterocycles. The van der Waals surface area contributed by atoms with Gasteiger partial charge < -0.3 is 4.74 Å². The minimum atomic E-state index is -0.587. The highest BCUT2D eigenvalue weighted by Gasteiger charge is 2.15. The van der Waals surface area contributed by atoms with Crippen LogP contribution < -0.4 is 10.4 Å². The van der Waals surface area contributed by atoms with Crippen molar-refractivity contribution in [2.45, 2.75) is 11.5 Å². The highest BCUT2D eigenvalue weighted by molar-refractivity contribution is 7.99.